The summed E-state index contributed by atoms with van der Waals surface area (Å²) in [7, 11) is 0. The summed E-state index contributed by atoms with van der Waals surface area (Å²) in [5, 5.41) is 0. The number of benzene rings is 1. The Labute approximate surface area is 161 Å². The van der Waals surface area contributed by atoms with Crippen molar-refractivity contribution >= 4 is 11.9 Å². The fourth-order valence-corrected chi connectivity index (χ4v) is 3.89. The monoisotopic (exact) mass is 374 g/mol. The van der Waals surface area contributed by atoms with Gasteiger partial charge >= 0.3 is 5.97 Å². The van der Waals surface area contributed by atoms with Crippen LogP contribution in [0.5, 0.6) is 0 Å². The van der Waals surface area contributed by atoms with E-state index in [1.165, 1.54) is 0 Å². The van der Waals surface area contributed by atoms with Crippen LogP contribution in [0.4, 0.5) is 0 Å². The van der Waals surface area contributed by atoms with Crippen molar-refractivity contribution in [3.63, 3.8) is 0 Å². The van der Waals surface area contributed by atoms with Crippen LogP contribution >= 0.6 is 0 Å². The summed E-state index contributed by atoms with van der Waals surface area (Å²) in [5.41, 5.74) is 1.62. The highest BCUT2D eigenvalue weighted by Gasteiger charge is 2.26. The highest BCUT2D eigenvalue weighted by atomic mass is 16.5. The second-order valence-electron chi connectivity index (χ2n) is 7.73. The first-order valence-corrected chi connectivity index (χ1v) is 9.89. The van der Waals surface area contributed by atoms with E-state index in [0.717, 1.165) is 51.1 Å². The number of likely N-dealkylation sites (tertiary alicyclic amines) is 1. The molecular formula is C21H30N2O4. The molecule has 0 aromatic heterocycles. The third-order valence-electron chi connectivity index (χ3n) is 5.14. The molecule has 148 valence electrons. The zero-order valence-corrected chi connectivity index (χ0v) is 16.5. The van der Waals surface area contributed by atoms with Gasteiger partial charge in [-0.15, -0.1) is 0 Å². The van der Waals surface area contributed by atoms with E-state index in [1.807, 2.05) is 12.1 Å². The maximum Gasteiger partial charge on any atom is 0.338 e. The van der Waals surface area contributed by atoms with Gasteiger partial charge in [0.05, 0.1) is 17.8 Å². The number of rotatable bonds is 5. The van der Waals surface area contributed by atoms with Crippen molar-refractivity contribution in [1.82, 2.24) is 9.80 Å². The van der Waals surface area contributed by atoms with Crippen LogP contribution in [0, 0.1) is 0 Å². The number of esters is 1. The Morgan fingerprint density at radius 2 is 1.70 bits per heavy atom. The fraction of sp³-hybridized carbons (Fsp3) is 0.619. The second-order valence-corrected chi connectivity index (χ2v) is 7.73. The Kier molecular flexibility index (Phi) is 6.50. The number of ether oxygens (including phenoxy) is 2. The lowest BCUT2D eigenvalue weighted by Crippen LogP contribution is -2.44. The van der Waals surface area contributed by atoms with Crippen molar-refractivity contribution in [2.24, 2.45) is 0 Å². The van der Waals surface area contributed by atoms with Crippen molar-refractivity contribution in [1.29, 1.82) is 0 Å². The Balaban J connectivity index is 1.53. The minimum absolute atomic E-state index is 0.104. The Hall–Kier alpha value is -1.92. The molecule has 2 saturated heterocycles. The number of carbonyl (C=O) groups is 2. The molecule has 2 fully saturated rings. The van der Waals surface area contributed by atoms with E-state index in [0.29, 0.717) is 5.56 Å². The van der Waals surface area contributed by atoms with Crippen LogP contribution in [0.2, 0.25) is 0 Å². The van der Waals surface area contributed by atoms with Gasteiger partial charge in [-0.25, -0.2) is 4.79 Å². The molecule has 2 aliphatic rings. The predicted molar refractivity (Wildman–Crippen MR) is 102 cm³/mol. The fourth-order valence-electron chi connectivity index (χ4n) is 3.89. The van der Waals surface area contributed by atoms with Crippen LogP contribution in [0.15, 0.2) is 24.3 Å². The number of morpholine rings is 1. The van der Waals surface area contributed by atoms with Crippen molar-refractivity contribution in [2.75, 3.05) is 26.2 Å². The number of carbonyl (C=O) groups excluding carboxylic acids is 2. The molecule has 0 bridgehead atoms. The minimum Gasteiger partial charge on any atom is -0.449 e. The van der Waals surface area contributed by atoms with Crippen molar-refractivity contribution < 1.29 is 19.1 Å². The molecule has 0 aliphatic carbocycles. The summed E-state index contributed by atoms with van der Waals surface area (Å²) < 4.78 is 11.1. The van der Waals surface area contributed by atoms with Crippen molar-refractivity contribution in [2.45, 2.75) is 58.5 Å². The van der Waals surface area contributed by atoms with Gasteiger partial charge in [-0.3, -0.25) is 9.69 Å². The van der Waals surface area contributed by atoms with Gasteiger partial charge in [0.25, 0.3) is 5.91 Å². The zero-order chi connectivity index (χ0) is 19.4. The summed E-state index contributed by atoms with van der Waals surface area (Å²) in [6.45, 7) is 9.99. The van der Waals surface area contributed by atoms with E-state index in [2.05, 4.69) is 18.7 Å². The number of hydrogen-bond acceptors (Lipinski definition) is 5. The van der Waals surface area contributed by atoms with E-state index in [4.69, 9.17) is 9.47 Å². The first-order chi connectivity index (χ1) is 12.9. The third-order valence-corrected chi connectivity index (χ3v) is 5.14. The molecule has 3 unspecified atom stereocenters. The Morgan fingerprint density at radius 3 is 2.30 bits per heavy atom. The van der Waals surface area contributed by atoms with Gasteiger partial charge in [-0.2, -0.15) is 0 Å². The van der Waals surface area contributed by atoms with Crippen LogP contribution in [-0.4, -0.2) is 66.2 Å². The van der Waals surface area contributed by atoms with E-state index >= 15 is 0 Å². The first-order valence-electron chi connectivity index (χ1n) is 9.89. The van der Waals surface area contributed by atoms with Gasteiger partial charge in [-0.05, 0) is 51.3 Å². The molecule has 2 heterocycles. The third kappa shape index (κ3) is 5.30. The molecule has 3 atom stereocenters. The summed E-state index contributed by atoms with van der Waals surface area (Å²) >= 11 is 0. The number of hydrogen-bond donors (Lipinski definition) is 0. The molecule has 3 rings (SSSR count). The van der Waals surface area contributed by atoms with Gasteiger partial charge in [0.2, 0.25) is 0 Å². The van der Waals surface area contributed by atoms with Crippen LogP contribution in [0.25, 0.3) is 0 Å². The molecule has 1 aromatic rings. The maximum absolute atomic E-state index is 12.3. The largest absolute Gasteiger partial charge is 0.449 e. The highest BCUT2D eigenvalue weighted by molar-refractivity contribution is 5.92. The maximum atomic E-state index is 12.3. The summed E-state index contributed by atoms with van der Waals surface area (Å²) in [4.78, 5) is 28.7. The van der Waals surface area contributed by atoms with E-state index in [-0.39, 0.29) is 18.1 Å². The normalized spacial score (nSPS) is 24.6. The van der Waals surface area contributed by atoms with Crippen LogP contribution < -0.4 is 0 Å². The summed E-state index contributed by atoms with van der Waals surface area (Å²) in [5.74, 6) is -0.553. The Bertz CT molecular complexity index is 645. The first kappa shape index (κ1) is 19.8. The van der Waals surface area contributed by atoms with Gasteiger partial charge in [-0.1, -0.05) is 12.1 Å². The number of nitrogens with zero attached hydrogens (tertiary/aromatic N) is 2. The molecule has 0 spiro atoms. The van der Waals surface area contributed by atoms with Gasteiger partial charge in [0, 0.05) is 32.7 Å². The molecule has 0 saturated carbocycles. The van der Waals surface area contributed by atoms with Crippen molar-refractivity contribution in [3.05, 3.63) is 35.4 Å². The lowest BCUT2D eigenvalue weighted by Gasteiger charge is -2.35. The molecule has 1 aromatic carbocycles. The molecule has 0 N–H and O–H groups in total. The van der Waals surface area contributed by atoms with Crippen LogP contribution in [0.3, 0.4) is 0 Å². The molecular weight excluding hydrogens is 344 g/mol. The van der Waals surface area contributed by atoms with Crippen molar-refractivity contribution in [3.8, 4) is 0 Å². The standard InChI is InChI=1S/C21H30N2O4/c1-15-12-22(13-16(2)26-15)14-18-6-8-19(9-7-18)21(25)27-17(3)20(24)23-10-4-5-11-23/h6-9,15-17H,4-5,10-14H2,1-3H3. The molecule has 27 heavy (non-hydrogen) atoms. The predicted octanol–water partition coefficient (Wildman–Crippen LogP) is 2.46. The topological polar surface area (TPSA) is 59.1 Å². The SMILES string of the molecule is CC1CN(Cc2ccc(C(=O)OC(C)C(=O)N3CCCC3)cc2)CC(C)O1. The zero-order valence-electron chi connectivity index (χ0n) is 16.5. The molecule has 0 radical (unpaired) electrons. The van der Waals surface area contributed by atoms with E-state index in [1.54, 1.807) is 24.0 Å². The quantitative estimate of drug-likeness (QED) is 0.741. The molecule has 6 heteroatoms. The van der Waals surface area contributed by atoms with Crippen LogP contribution in [0.1, 0.15) is 49.5 Å². The Morgan fingerprint density at radius 1 is 1.11 bits per heavy atom. The average molecular weight is 374 g/mol. The lowest BCUT2D eigenvalue weighted by molar-refractivity contribution is -0.138. The number of amides is 1. The van der Waals surface area contributed by atoms with Gasteiger partial charge < -0.3 is 14.4 Å². The van der Waals surface area contributed by atoms with Crippen LogP contribution in [-0.2, 0) is 20.8 Å². The highest BCUT2D eigenvalue weighted by Crippen LogP contribution is 2.16. The average Bonchev–Trinajstić information content (AvgIpc) is 3.15. The van der Waals surface area contributed by atoms with E-state index < -0.39 is 12.1 Å². The smallest absolute Gasteiger partial charge is 0.338 e. The minimum atomic E-state index is -0.744. The summed E-state index contributed by atoms with van der Waals surface area (Å²) in [6.07, 6.45) is 1.77. The lowest BCUT2D eigenvalue weighted by atomic mass is 10.1. The second kappa shape index (κ2) is 8.85. The molecule has 1 amide bonds. The van der Waals surface area contributed by atoms with Gasteiger partial charge in [0.1, 0.15) is 0 Å². The molecule has 6 nitrogen and oxygen atoms in total. The van der Waals surface area contributed by atoms with E-state index in [9.17, 15) is 9.59 Å². The summed E-state index contributed by atoms with van der Waals surface area (Å²) in [6, 6.07) is 7.46. The van der Waals surface area contributed by atoms with Gasteiger partial charge in [0.15, 0.2) is 6.10 Å². The molecule has 2 aliphatic heterocycles.